The van der Waals surface area contributed by atoms with Gasteiger partial charge in [0.25, 0.3) is 5.91 Å². The van der Waals surface area contributed by atoms with Crippen LogP contribution in [0.4, 0.5) is 0 Å². The highest BCUT2D eigenvalue weighted by Gasteiger charge is 2.03. The molecule has 0 aliphatic carbocycles. The minimum atomic E-state index is -0.158. The Hall–Kier alpha value is -2.49. The van der Waals surface area contributed by atoms with Gasteiger partial charge in [-0.25, -0.2) is 0 Å². The zero-order valence-corrected chi connectivity index (χ0v) is 13.0. The topological polar surface area (TPSA) is 47.6 Å². The first-order valence-electron chi connectivity index (χ1n) is 7.30. The molecule has 22 heavy (non-hydrogen) atoms. The summed E-state index contributed by atoms with van der Waals surface area (Å²) in [5.74, 6) is 1.37. The number of carbonyl (C=O) groups is 1. The van der Waals surface area contributed by atoms with Crippen molar-refractivity contribution >= 4 is 5.91 Å². The van der Waals surface area contributed by atoms with E-state index in [0.717, 1.165) is 16.9 Å². The van der Waals surface area contributed by atoms with Crippen LogP contribution in [0.5, 0.6) is 11.5 Å². The van der Waals surface area contributed by atoms with E-state index in [2.05, 4.69) is 5.32 Å². The zero-order valence-electron chi connectivity index (χ0n) is 13.0. The second-order valence-corrected chi connectivity index (χ2v) is 5.07. The molecule has 0 unspecified atom stereocenters. The van der Waals surface area contributed by atoms with E-state index in [-0.39, 0.29) is 12.5 Å². The second kappa shape index (κ2) is 8.08. The molecule has 2 rings (SSSR count). The Morgan fingerprint density at radius 1 is 1.00 bits per heavy atom. The number of nitrogens with one attached hydrogen (secondary N) is 1. The summed E-state index contributed by atoms with van der Waals surface area (Å²) in [6.45, 7) is 4.88. The number of amides is 1. The Morgan fingerprint density at radius 3 is 2.45 bits per heavy atom. The van der Waals surface area contributed by atoms with Crippen LogP contribution in [0.3, 0.4) is 0 Å². The number of carbonyl (C=O) groups excluding carboxylic acids is 1. The lowest BCUT2D eigenvalue weighted by molar-refractivity contribution is -0.123. The molecule has 4 heteroatoms. The first-order chi connectivity index (χ1) is 10.6. The van der Waals surface area contributed by atoms with Gasteiger partial charge in [0.15, 0.2) is 6.61 Å². The summed E-state index contributed by atoms with van der Waals surface area (Å²) in [6, 6.07) is 15.4. The summed E-state index contributed by atoms with van der Waals surface area (Å²) in [5.41, 5.74) is 2.24. The molecule has 0 fully saturated rings. The second-order valence-electron chi connectivity index (χ2n) is 5.07. The Labute approximate surface area is 131 Å². The fourth-order valence-corrected chi connectivity index (χ4v) is 1.90. The number of para-hydroxylation sites is 1. The van der Waals surface area contributed by atoms with Gasteiger partial charge in [-0.2, -0.15) is 0 Å². The summed E-state index contributed by atoms with van der Waals surface area (Å²) in [5, 5.41) is 2.77. The van der Waals surface area contributed by atoms with Crippen molar-refractivity contribution in [2.45, 2.75) is 13.8 Å². The SMILES string of the molecule is Cc1ccc(OCC(=O)NCCOc2ccccc2C)cc1. The average Bonchev–Trinajstić information content (AvgIpc) is 2.52. The molecule has 0 aliphatic heterocycles. The lowest BCUT2D eigenvalue weighted by Gasteiger charge is -2.10. The molecular formula is C18H21NO3. The van der Waals surface area contributed by atoms with Gasteiger partial charge in [-0.15, -0.1) is 0 Å². The molecule has 0 aromatic heterocycles. The molecule has 0 atom stereocenters. The highest BCUT2D eigenvalue weighted by Crippen LogP contribution is 2.15. The fourth-order valence-electron chi connectivity index (χ4n) is 1.90. The van der Waals surface area contributed by atoms with Crippen molar-refractivity contribution in [2.75, 3.05) is 19.8 Å². The zero-order chi connectivity index (χ0) is 15.8. The van der Waals surface area contributed by atoms with Crippen molar-refractivity contribution in [3.63, 3.8) is 0 Å². The van der Waals surface area contributed by atoms with Gasteiger partial charge in [0.05, 0.1) is 6.54 Å². The van der Waals surface area contributed by atoms with Gasteiger partial charge in [0.1, 0.15) is 18.1 Å². The summed E-state index contributed by atoms with van der Waals surface area (Å²) >= 11 is 0. The van der Waals surface area contributed by atoms with Gasteiger partial charge >= 0.3 is 0 Å². The molecule has 1 N–H and O–H groups in total. The molecule has 0 spiro atoms. The third-order valence-electron chi connectivity index (χ3n) is 3.17. The maximum atomic E-state index is 11.7. The lowest BCUT2D eigenvalue weighted by Crippen LogP contribution is -2.32. The largest absolute Gasteiger partial charge is 0.491 e. The van der Waals surface area contributed by atoms with E-state index in [1.807, 2.05) is 62.4 Å². The predicted octanol–water partition coefficient (Wildman–Crippen LogP) is 2.88. The lowest BCUT2D eigenvalue weighted by atomic mass is 10.2. The number of ether oxygens (including phenoxy) is 2. The van der Waals surface area contributed by atoms with Crippen LogP contribution in [0.1, 0.15) is 11.1 Å². The van der Waals surface area contributed by atoms with Crippen LogP contribution in [0.2, 0.25) is 0 Å². The van der Waals surface area contributed by atoms with E-state index in [9.17, 15) is 4.79 Å². The van der Waals surface area contributed by atoms with Gasteiger partial charge in [0.2, 0.25) is 0 Å². The smallest absolute Gasteiger partial charge is 0.258 e. The van der Waals surface area contributed by atoms with E-state index in [0.29, 0.717) is 18.9 Å². The molecule has 116 valence electrons. The van der Waals surface area contributed by atoms with Crippen LogP contribution in [-0.4, -0.2) is 25.7 Å². The van der Waals surface area contributed by atoms with Crippen molar-refractivity contribution in [1.29, 1.82) is 0 Å². The molecule has 0 bridgehead atoms. The van der Waals surface area contributed by atoms with E-state index in [4.69, 9.17) is 9.47 Å². The van der Waals surface area contributed by atoms with Crippen molar-refractivity contribution in [1.82, 2.24) is 5.32 Å². The average molecular weight is 299 g/mol. The van der Waals surface area contributed by atoms with Gasteiger partial charge in [-0.1, -0.05) is 35.9 Å². The van der Waals surface area contributed by atoms with Gasteiger partial charge in [0, 0.05) is 0 Å². The number of aryl methyl sites for hydroxylation is 2. The number of hydrogen-bond acceptors (Lipinski definition) is 3. The summed E-state index contributed by atoms with van der Waals surface area (Å²) < 4.78 is 11.0. The summed E-state index contributed by atoms with van der Waals surface area (Å²) in [4.78, 5) is 11.7. The maximum Gasteiger partial charge on any atom is 0.258 e. The maximum absolute atomic E-state index is 11.7. The molecule has 0 radical (unpaired) electrons. The van der Waals surface area contributed by atoms with Crippen molar-refractivity contribution in [3.8, 4) is 11.5 Å². The summed E-state index contributed by atoms with van der Waals surface area (Å²) in [7, 11) is 0. The first-order valence-corrected chi connectivity index (χ1v) is 7.30. The number of benzene rings is 2. The van der Waals surface area contributed by atoms with Crippen LogP contribution in [-0.2, 0) is 4.79 Å². The van der Waals surface area contributed by atoms with Crippen LogP contribution in [0.15, 0.2) is 48.5 Å². The Balaban J connectivity index is 1.64. The van der Waals surface area contributed by atoms with Crippen molar-refractivity contribution in [2.24, 2.45) is 0 Å². The van der Waals surface area contributed by atoms with E-state index < -0.39 is 0 Å². The molecule has 0 aliphatic rings. The van der Waals surface area contributed by atoms with Crippen LogP contribution in [0, 0.1) is 13.8 Å². The third kappa shape index (κ3) is 5.13. The highest BCUT2D eigenvalue weighted by molar-refractivity contribution is 5.77. The Morgan fingerprint density at radius 2 is 1.73 bits per heavy atom. The highest BCUT2D eigenvalue weighted by atomic mass is 16.5. The molecule has 0 saturated carbocycles. The van der Waals surface area contributed by atoms with Crippen LogP contribution in [0.25, 0.3) is 0 Å². The standard InChI is InChI=1S/C18H21NO3/c1-14-7-9-16(10-8-14)22-13-18(20)19-11-12-21-17-6-4-3-5-15(17)2/h3-10H,11-13H2,1-2H3,(H,19,20). The van der Waals surface area contributed by atoms with Gasteiger partial charge in [-0.05, 0) is 37.6 Å². The molecule has 0 saturated heterocycles. The molecule has 4 nitrogen and oxygen atoms in total. The van der Waals surface area contributed by atoms with E-state index >= 15 is 0 Å². The molecule has 2 aromatic rings. The van der Waals surface area contributed by atoms with Crippen molar-refractivity contribution < 1.29 is 14.3 Å². The molecule has 1 amide bonds. The van der Waals surface area contributed by atoms with E-state index in [1.54, 1.807) is 0 Å². The first kappa shape index (κ1) is 15.9. The Bertz CT molecular complexity index is 608. The molecule has 0 heterocycles. The normalized spacial score (nSPS) is 10.1. The Kier molecular flexibility index (Phi) is 5.83. The van der Waals surface area contributed by atoms with Crippen LogP contribution < -0.4 is 14.8 Å². The third-order valence-corrected chi connectivity index (χ3v) is 3.17. The minimum Gasteiger partial charge on any atom is -0.491 e. The van der Waals surface area contributed by atoms with Crippen LogP contribution >= 0.6 is 0 Å². The molecule has 2 aromatic carbocycles. The number of hydrogen-bond donors (Lipinski definition) is 1. The van der Waals surface area contributed by atoms with Gasteiger partial charge < -0.3 is 14.8 Å². The quantitative estimate of drug-likeness (QED) is 0.800. The fraction of sp³-hybridized carbons (Fsp3) is 0.278. The number of rotatable bonds is 7. The van der Waals surface area contributed by atoms with Crippen molar-refractivity contribution in [3.05, 3.63) is 59.7 Å². The molecular weight excluding hydrogens is 278 g/mol. The summed E-state index contributed by atoms with van der Waals surface area (Å²) in [6.07, 6.45) is 0. The minimum absolute atomic E-state index is 0.00737. The van der Waals surface area contributed by atoms with E-state index in [1.165, 1.54) is 0 Å². The van der Waals surface area contributed by atoms with Gasteiger partial charge in [-0.3, -0.25) is 4.79 Å². The monoisotopic (exact) mass is 299 g/mol. The predicted molar refractivity (Wildman–Crippen MR) is 86.4 cm³/mol.